The number of hydrogen-bond donors (Lipinski definition) is 3. The number of aliphatic hydroxyl groups excluding tert-OH is 1. The van der Waals surface area contributed by atoms with Gasteiger partial charge in [0.15, 0.2) is 0 Å². The normalized spacial score (nSPS) is 20.5. The highest BCUT2D eigenvalue weighted by atomic mass is 16.4. The van der Waals surface area contributed by atoms with Gasteiger partial charge in [-0.25, -0.2) is 4.79 Å². The Kier molecular flexibility index (Phi) is 2.34. The molecule has 0 aliphatic heterocycles. The highest BCUT2D eigenvalue weighted by Crippen LogP contribution is 2.39. The Morgan fingerprint density at radius 2 is 2.18 bits per heavy atom. The van der Waals surface area contributed by atoms with Crippen LogP contribution in [0.1, 0.15) is 19.3 Å². The Labute approximate surface area is 65.2 Å². The first kappa shape index (κ1) is 8.33. The van der Waals surface area contributed by atoms with E-state index in [9.17, 15) is 4.79 Å². The molecule has 0 bridgehead atoms. The van der Waals surface area contributed by atoms with E-state index in [1.54, 1.807) is 0 Å². The maximum atomic E-state index is 10.1. The van der Waals surface area contributed by atoms with Crippen molar-refractivity contribution in [2.75, 3.05) is 13.2 Å². The molecule has 1 amide bonds. The first-order valence-corrected chi connectivity index (χ1v) is 3.76. The molecule has 4 heteroatoms. The van der Waals surface area contributed by atoms with Crippen LogP contribution in [-0.2, 0) is 0 Å². The minimum absolute atomic E-state index is 0.0906. The predicted octanol–water partition coefficient (Wildman–Crippen LogP) is 0.417. The quantitative estimate of drug-likeness (QED) is 0.558. The molecule has 0 aromatic heterocycles. The average molecular weight is 159 g/mol. The van der Waals surface area contributed by atoms with E-state index in [1.165, 1.54) is 0 Å². The summed E-state index contributed by atoms with van der Waals surface area (Å²) in [6.45, 7) is 0.478. The Balaban J connectivity index is 2.27. The SMILES string of the molecule is O=C(O)NCC1(CO)CCC1. The Hall–Kier alpha value is -0.770. The van der Waals surface area contributed by atoms with E-state index in [0.29, 0.717) is 6.54 Å². The highest BCUT2D eigenvalue weighted by molar-refractivity contribution is 5.64. The summed E-state index contributed by atoms with van der Waals surface area (Å²) in [4.78, 5) is 10.1. The van der Waals surface area contributed by atoms with Crippen LogP contribution in [0, 0.1) is 5.41 Å². The van der Waals surface area contributed by atoms with Crippen LogP contribution < -0.4 is 5.32 Å². The van der Waals surface area contributed by atoms with E-state index in [2.05, 4.69) is 5.32 Å². The Bertz CT molecular complexity index is 148. The molecule has 64 valence electrons. The molecule has 0 aromatic carbocycles. The lowest BCUT2D eigenvalue weighted by atomic mass is 9.69. The lowest BCUT2D eigenvalue weighted by Crippen LogP contribution is -2.44. The third-order valence-corrected chi connectivity index (χ3v) is 2.36. The largest absolute Gasteiger partial charge is 0.465 e. The number of nitrogens with one attached hydrogen (secondary N) is 1. The second kappa shape index (κ2) is 3.09. The van der Waals surface area contributed by atoms with E-state index in [0.717, 1.165) is 19.3 Å². The first-order valence-electron chi connectivity index (χ1n) is 3.76. The molecular formula is C7H13NO3. The zero-order valence-corrected chi connectivity index (χ0v) is 6.34. The smallest absolute Gasteiger partial charge is 0.404 e. The van der Waals surface area contributed by atoms with Gasteiger partial charge in [0.25, 0.3) is 0 Å². The summed E-state index contributed by atoms with van der Waals surface area (Å²) in [7, 11) is 0. The zero-order chi connectivity index (χ0) is 8.32. The molecule has 1 aliphatic carbocycles. The van der Waals surface area contributed by atoms with Gasteiger partial charge in [0.1, 0.15) is 0 Å². The van der Waals surface area contributed by atoms with Crippen LogP contribution in [0.2, 0.25) is 0 Å². The molecule has 1 rings (SSSR count). The summed E-state index contributed by atoms with van der Waals surface area (Å²) < 4.78 is 0. The summed E-state index contributed by atoms with van der Waals surface area (Å²) in [5.74, 6) is 0. The van der Waals surface area contributed by atoms with Gasteiger partial charge < -0.3 is 15.5 Å². The van der Waals surface area contributed by atoms with Crippen LogP contribution in [0.4, 0.5) is 4.79 Å². The first-order chi connectivity index (χ1) is 5.18. The topological polar surface area (TPSA) is 69.6 Å². The molecule has 1 fully saturated rings. The van der Waals surface area contributed by atoms with Gasteiger partial charge >= 0.3 is 6.09 Å². The van der Waals surface area contributed by atoms with E-state index in [4.69, 9.17) is 10.2 Å². The van der Waals surface area contributed by atoms with Crippen molar-refractivity contribution in [1.82, 2.24) is 5.32 Å². The third kappa shape index (κ3) is 1.83. The fourth-order valence-electron chi connectivity index (χ4n) is 1.33. The van der Waals surface area contributed by atoms with Gasteiger partial charge in [-0.15, -0.1) is 0 Å². The molecule has 11 heavy (non-hydrogen) atoms. The number of carboxylic acid groups (broad SMARTS) is 1. The fraction of sp³-hybridized carbons (Fsp3) is 0.857. The Morgan fingerprint density at radius 3 is 2.45 bits per heavy atom. The molecule has 0 unspecified atom stereocenters. The zero-order valence-electron chi connectivity index (χ0n) is 6.34. The number of aliphatic hydroxyl groups is 1. The summed E-state index contributed by atoms with van der Waals surface area (Å²) in [6.07, 6.45) is 1.96. The fourth-order valence-corrected chi connectivity index (χ4v) is 1.33. The summed E-state index contributed by atoms with van der Waals surface area (Å²) in [5.41, 5.74) is -0.140. The van der Waals surface area contributed by atoms with Gasteiger partial charge in [0, 0.05) is 12.0 Å². The molecule has 3 N–H and O–H groups in total. The summed E-state index contributed by atoms with van der Waals surface area (Å²) in [5, 5.41) is 19.5. The van der Waals surface area contributed by atoms with Crippen molar-refractivity contribution in [2.24, 2.45) is 5.41 Å². The van der Waals surface area contributed by atoms with Crippen LogP contribution in [0.15, 0.2) is 0 Å². The van der Waals surface area contributed by atoms with Gasteiger partial charge in [-0.3, -0.25) is 0 Å². The number of rotatable bonds is 3. The lowest BCUT2D eigenvalue weighted by Gasteiger charge is -2.39. The minimum atomic E-state index is -1.01. The highest BCUT2D eigenvalue weighted by Gasteiger charge is 2.36. The van der Waals surface area contributed by atoms with Gasteiger partial charge in [0.2, 0.25) is 0 Å². The molecular weight excluding hydrogens is 146 g/mol. The molecule has 0 atom stereocenters. The maximum absolute atomic E-state index is 10.1. The van der Waals surface area contributed by atoms with E-state index >= 15 is 0 Å². The van der Waals surface area contributed by atoms with Crippen LogP contribution in [0.25, 0.3) is 0 Å². The predicted molar refractivity (Wildman–Crippen MR) is 39.4 cm³/mol. The number of amides is 1. The van der Waals surface area contributed by atoms with Gasteiger partial charge in [-0.2, -0.15) is 0 Å². The lowest BCUT2D eigenvalue weighted by molar-refractivity contribution is 0.0451. The van der Waals surface area contributed by atoms with Crippen LogP contribution >= 0.6 is 0 Å². The van der Waals surface area contributed by atoms with Crippen molar-refractivity contribution in [2.45, 2.75) is 19.3 Å². The molecule has 1 saturated carbocycles. The number of carbonyl (C=O) groups is 1. The molecule has 0 spiro atoms. The van der Waals surface area contributed by atoms with E-state index < -0.39 is 6.09 Å². The maximum Gasteiger partial charge on any atom is 0.404 e. The van der Waals surface area contributed by atoms with Gasteiger partial charge in [0.05, 0.1) is 6.61 Å². The van der Waals surface area contributed by atoms with Crippen molar-refractivity contribution in [3.8, 4) is 0 Å². The van der Waals surface area contributed by atoms with E-state index in [-0.39, 0.29) is 12.0 Å². The second-order valence-electron chi connectivity index (χ2n) is 3.17. The summed E-state index contributed by atoms with van der Waals surface area (Å²) >= 11 is 0. The molecule has 0 saturated heterocycles. The van der Waals surface area contributed by atoms with Crippen LogP contribution in [-0.4, -0.2) is 29.5 Å². The average Bonchev–Trinajstić information content (AvgIpc) is 1.86. The summed E-state index contributed by atoms with van der Waals surface area (Å²) in [6, 6.07) is 0. The van der Waals surface area contributed by atoms with Crippen LogP contribution in [0.5, 0.6) is 0 Å². The molecule has 0 aromatic rings. The third-order valence-electron chi connectivity index (χ3n) is 2.36. The standard InChI is InChI=1S/C7H13NO3/c9-5-7(2-1-3-7)4-8-6(10)11/h8-9H,1-5H2,(H,10,11). The molecule has 0 radical (unpaired) electrons. The van der Waals surface area contributed by atoms with Gasteiger partial charge in [-0.05, 0) is 12.8 Å². The van der Waals surface area contributed by atoms with Crippen molar-refractivity contribution in [3.63, 3.8) is 0 Å². The molecule has 4 nitrogen and oxygen atoms in total. The molecule has 0 heterocycles. The second-order valence-corrected chi connectivity index (χ2v) is 3.17. The monoisotopic (exact) mass is 159 g/mol. The van der Waals surface area contributed by atoms with Crippen molar-refractivity contribution in [3.05, 3.63) is 0 Å². The van der Waals surface area contributed by atoms with Crippen molar-refractivity contribution >= 4 is 6.09 Å². The molecule has 1 aliphatic rings. The van der Waals surface area contributed by atoms with Crippen LogP contribution in [0.3, 0.4) is 0 Å². The van der Waals surface area contributed by atoms with Crippen molar-refractivity contribution < 1.29 is 15.0 Å². The Morgan fingerprint density at radius 1 is 1.55 bits per heavy atom. The van der Waals surface area contributed by atoms with E-state index in [1.807, 2.05) is 0 Å². The number of hydrogen-bond acceptors (Lipinski definition) is 2. The van der Waals surface area contributed by atoms with Crippen molar-refractivity contribution in [1.29, 1.82) is 0 Å². The minimum Gasteiger partial charge on any atom is -0.465 e. The van der Waals surface area contributed by atoms with Gasteiger partial charge in [-0.1, -0.05) is 6.42 Å².